The normalized spacial score (nSPS) is 17.1. The maximum atomic E-state index is 11.1. The minimum absolute atomic E-state index is 0.274. The standard InChI is InChI=1S/C10H19NO4/c1-4-5-7(8(12)13)10(11,6(2)3)9(14)15/h6-7H,4-5,11H2,1-3H3,(H,12,13)(H,14,15). The Morgan fingerprint density at radius 2 is 1.80 bits per heavy atom. The highest BCUT2D eigenvalue weighted by Gasteiger charge is 2.48. The zero-order valence-electron chi connectivity index (χ0n) is 9.36. The van der Waals surface area contributed by atoms with Crippen LogP contribution in [0.15, 0.2) is 0 Å². The van der Waals surface area contributed by atoms with Gasteiger partial charge in [0.2, 0.25) is 0 Å². The van der Waals surface area contributed by atoms with Crippen molar-refractivity contribution in [2.75, 3.05) is 0 Å². The van der Waals surface area contributed by atoms with Gasteiger partial charge in [0.25, 0.3) is 0 Å². The molecule has 0 aliphatic heterocycles. The van der Waals surface area contributed by atoms with Gasteiger partial charge in [-0.05, 0) is 12.3 Å². The summed E-state index contributed by atoms with van der Waals surface area (Å²) in [4.78, 5) is 22.1. The van der Waals surface area contributed by atoms with Crippen molar-refractivity contribution in [2.45, 2.75) is 39.2 Å². The molecule has 0 spiro atoms. The third-order valence-electron chi connectivity index (χ3n) is 2.78. The summed E-state index contributed by atoms with van der Waals surface area (Å²) in [6.45, 7) is 5.05. The number of hydrogen-bond donors (Lipinski definition) is 3. The van der Waals surface area contributed by atoms with E-state index in [-0.39, 0.29) is 6.42 Å². The van der Waals surface area contributed by atoms with Gasteiger partial charge in [-0.25, -0.2) is 0 Å². The topological polar surface area (TPSA) is 101 Å². The van der Waals surface area contributed by atoms with Crippen molar-refractivity contribution in [3.8, 4) is 0 Å². The summed E-state index contributed by atoms with van der Waals surface area (Å²) >= 11 is 0. The summed E-state index contributed by atoms with van der Waals surface area (Å²) in [5.41, 5.74) is 4.04. The first kappa shape index (κ1) is 13.9. The molecule has 0 amide bonds. The van der Waals surface area contributed by atoms with Crippen LogP contribution in [0.5, 0.6) is 0 Å². The smallest absolute Gasteiger partial charge is 0.324 e. The van der Waals surface area contributed by atoms with Crippen molar-refractivity contribution in [1.29, 1.82) is 0 Å². The molecule has 88 valence electrons. The molecule has 0 radical (unpaired) electrons. The van der Waals surface area contributed by atoms with Crippen LogP contribution >= 0.6 is 0 Å². The van der Waals surface area contributed by atoms with E-state index in [0.29, 0.717) is 6.42 Å². The van der Waals surface area contributed by atoms with Crippen LogP contribution in [0.4, 0.5) is 0 Å². The largest absolute Gasteiger partial charge is 0.481 e. The molecule has 0 aromatic carbocycles. The molecule has 0 fully saturated rings. The fourth-order valence-electron chi connectivity index (χ4n) is 1.65. The highest BCUT2D eigenvalue weighted by Crippen LogP contribution is 2.28. The Bertz CT molecular complexity index is 252. The van der Waals surface area contributed by atoms with Gasteiger partial charge in [-0.1, -0.05) is 27.2 Å². The Hall–Kier alpha value is -1.10. The lowest BCUT2D eigenvalue weighted by Gasteiger charge is -2.34. The average molecular weight is 217 g/mol. The minimum atomic E-state index is -1.69. The monoisotopic (exact) mass is 217 g/mol. The average Bonchev–Trinajstić information content (AvgIpc) is 2.11. The summed E-state index contributed by atoms with van der Waals surface area (Å²) in [6, 6.07) is 0. The van der Waals surface area contributed by atoms with Gasteiger partial charge >= 0.3 is 11.9 Å². The Morgan fingerprint density at radius 3 is 2.00 bits per heavy atom. The molecule has 0 aromatic heterocycles. The lowest BCUT2D eigenvalue weighted by molar-refractivity contribution is -0.158. The third-order valence-corrected chi connectivity index (χ3v) is 2.78. The van der Waals surface area contributed by atoms with Crippen molar-refractivity contribution in [3.63, 3.8) is 0 Å². The molecule has 2 unspecified atom stereocenters. The quantitative estimate of drug-likeness (QED) is 0.614. The van der Waals surface area contributed by atoms with Gasteiger partial charge in [-0.2, -0.15) is 0 Å². The molecule has 5 heteroatoms. The van der Waals surface area contributed by atoms with Gasteiger partial charge in [0.1, 0.15) is 5.54 Å². The molecule has 0 aliphatic carbocycles. The summed E-state index contributed by atoms with van der Waals surface area (Å²) in [6.07, 6.45) is 0.867. The second-order valence-corrected chi connectivity index (χ2v) is 4.07. The van der Waals surface area contributed by atoms with E-state index in [4.69, 9.17) is 15.9 Å². The molecule has 5 nitrogen and oxygen atoms in total. The van der Waals surface area contributed by atoms with Crippen LogP contribution in [-0.4, -0.2) is 27.7 Å². The van der Waals surface area contributed by atoms with Gasteiger partial charge in [0, 0.05) is 0 Å². The molecule has 2 atom stereocenters. The predicted octanol–water partition coefficient (Wildman–Crippen LogP) is 0.925. The fraction of sp³-hybridized carbons (Fsp3) is 0.800. The van der Waals surface area contributed by atoms with Crippen LogP contribution < -0.4 is 5.73 Å². The van der Waals surface area contributed by atoms with Crippen LogP contribution in [-0.2, 0) is 9.59 Å². The highest BCUT2D eigenvalue weighted by molar-refractivity contribution is 5.87. The summed E-state index contributed by atoms with van der Waals surface area (Å²) in [7, 11) is 0. The zero-order valence-corrected chi connectivity index (χ0v) is 9.36. The van der Waals surface area contributed by atoms with Gasteiger partial charge in [-0.3, -0.25) is 9.59 Å². The SMILES string of the molecule is CCCC(C(=O)O)C(N)(C(=O)O)C(C)C. The number of carboxylic acids is 2. The number of carboxylic acid groups (broad SMARTS) is 2. The Kier molecular flexibility index (Phi) is 4.74. The highest BCUT2D eigenvalue weighted by atomic mass is 16.4. The van der Waals surface area contributed by atoms with E-state index >= 15 is 0 Å². The molecule has 0 aromatic rings. The van der Waals surface area contributed by atoms with Crippen molar-refractivity contribution in [3.05, 3.63) is 0 Å². The molecule has 0 rings (SSSR count). The molecule has 0 heterocycles. The number of carbonyl (C=O) groups is 2. The van der Waals surface area contributed by atoms with Gasteiger partial charge in [0.15, 0.2) is 0 Å². The summed E-state index contributed by atoms with van der Waals surface area (Å²) < 4.78 is 0. The molecule has 0 bridgehead atoms. The van der Waals surface area contributed by atoms with E-state index in [1.165, 1.54) is 0 Å². The Labute approximate surface area is 89.3 Å². The first-order chi connectivity index (χ1) is 6.78. The molecule has 15 heavy (non-hydrogen) atoms. The van der Waals surface area contributed by atoms with Crippen LogP contribution in [0.25, 0.3) is 0 Å². The summed E-state index contributed by atoms with van der Waals surface area (Å²) in [5, 5.41) is 18.1. The number of hydrogen-bond acceptors (Lipinski definition) is 3. The second kappa shape index (κ2) is 5.11. The number of nitrogens with two attached hydrogens (primary N) is 1. The molecule has 4 N–H and O–H groups in total. The van der Waals surface area contributed by atoms with E-state index in [1.54, 1.807) is 20.8 Å². The predicted molar refractivity (Wildman–Crippen MR) is 55.4 cm³/mol. The van der Waals surface area contributed by atoms with Crippen LogP contribution in [0.2, 0.25) is 0 Å². The molecule has 0 aliphatic rings. The molecule has 0 saturated heterocycles. The van der Waals surface area contributed by atoms with Crippen LogP contribution in [0, 0.1) is 11.8 Å². The van der Waals surface area contributed by atoms with E-state index in [0.717, 1.165) is 0 Å². The maximum Gasteiger partial charge on any atom is 0.324 e. The molecular weight excluding hydrogens is 198 g/mol. The molecular formula is C10H19NO4. The third kappa shape index (κ3) is 2.68. The van der Waals surface area contributed by atoms with Crippen molar-refractivity contribution in [2.24, 2.45) is 17.6 Å². The van der Waals surface area contributed by atoms with Gasteiger partial charge in [0.05, 0.1) is 5.92 Å². The zero-order chi connectivity index (χ0) is 12.2. The lowest BCUT2D eigenvalue weighted by Crippen LogP contribution is -2.60. The Morgan fingerprint density at radius 1 is 1.33 bits per heavy atom. The Balaban J connectivity index is 5.18. The number of rotatable bonds is 6. The van der Waals surface area contributed by atoms with E-state index in [1.807, 2.05) is 0 Å². The second-order valence-electron chi connectivity index (χ2n) is 4.07. The summed E-state index contributed by atoms with van der Waals surface area (Å²) in [5.74, 6) is -3.86. The van der Waals surface area contributed by atoms with Crippen molar-refractivity contribution in [1.82, 2.24) is 0 Å². The first-order valence-corrected chi connectivity index (χ1v) is 5.03. The van der Waals surface area contributed by atoms with Crippen LogP contribution in [0.1, 0.15) is 33.6 Å². The van der Waals surface area contributed by atoms with Gasteiger partial charge < -0.3 is 15.9 Å². The molecule has 0 saturated carbocycles. The van der Waals surface area contributed by atoms with Crippen LogP contribution in [0.3, 0.4) is 0 Å². The first-order valence-electron chi connectivity index (χ1n) is 5.03. The maximum absolute atomic E-state index is 11.1. The van der Waals surface area contributed by atoms with E-state index in [9.17, 15) is 9.59 Å². The van der Waals surface area contributed by atoms with E-state index < -0.39 is 29.3 Å². The van der Waals surface area contributed by atoms with Crippen molar-refractivity contribution >= 4 is 11.9 Å². The van der Waals surface area contributed by atoms with Crippen molar-refractivity contribution < 1.29 is 19.8 Å². The fourth-order valence-corrected chi connectivity index (χ4v) is 1.65. The number of aliphatic carboxylic acids is 2. The lowest BCUT2D eigenvalue weighted by atomic mass is 9.74. The van der Waals surface area contributed by atoms with E-state index in [2.05, 4.69) is 0 Å². The minimum Gasteiger partial charge on any atom is -0.481 e. The van der Waals surface area contributed by atoms with Gasteiger partial charge in [-0.15, -0.1) is 0 Å².